The third-order valence-corrected chi connectivity index (χ3v) is 3.71. The molecule has 1 rings (SSSR count). The molecular formula is C16H28N2O. The number of rotatable bonds is 8. The monoisotopic (exact) mass is 264 g/mol. The van der Waals surface area contributed by atoms with Crippen molar-refractivity contribution < 1.29 is 4.74 Å². The Balaban J connectivity index is 2.98. The minimum absolute atomic E-state index is 0.0910. The fourth-order valence-corrected chi connectivity index (χ4v) is 2.51. The molecule has 0 bridgehead atoms. The molecule has 0 spiro atoms. The minimum Gasteiger partial charge on any atom is -0.383 e. The Morgan fingerprint density at radius 2 is 1.84 bits per heavy atom. The van der Waals surface area contributed by atoms with Crippen LogP contribution in [0, 0.1) is 0 Å². The Bertz CT molecular complexity index is 340. The molecule has 0 fully saturated rings. The van der Waals surface area contributed by atoms with Gasteiger partial charge in [-0.2, -0.15) is 0 Å². The van der Waals surface area contributed by atoms with Gasteiger partial charge in [0.25, 0.3) is 0 Å². The van der Waals surface area contributed by atoms with Crippen molar-refractivity contribution in [1.29, 1.82) is 0 Å². The zero-order chi connectivity index (χ0) is 14.3. The number of ether oxygens (including phenoxy) is 1. The van der Waals surface area contributed by atoms with Crippen LogP contribution in [0.25, 0.3) is 0 Å². The molecule has 3 nitrogen and oxygen atoms in total. The lowest BCUT2D eigenvalue weighted by Crippen LogP contribution is -2.45. The van der Waals surface area contributed by atoms with Gasteiger partial charge in [-0.1, -0.05) is 37.3 Å². The van der Waals surface area contributed by atoms with E-state index in [1.165, 1.54) is 5.56 Å². The highest BCUT2D eigenvalue weighted by Crippen LogP contribution is 2.26. The summed E-state index contributed by atoms with van der Waals surface area (Å²) in [7, 11) is 1.75. The zero-order valence-corrected chi connectivity index (χ0v) is 12.7. The second-order valence-electron chi connectivity index (χ2n) is 5.20. The van der Waals surface area contributed by atoms with E-state index in [1.54, 1.807) is 7.11 Å². The summed E-state index contributed by atoms with van der Waals surface area (Å²) in [6, 6.07) is 11.4. The van der Waals surface area contributed by atoms with Crippen molar-refractivity contribution in [2.24, 2.45) is 5.73 Å². The number of hydrogen-bond acceptors (Lipinski definition) is 3. The van der Waals surface area contributed by atoms with E-state index in [9.17, 15) is 0 Å². The summed E-state index contributed by atoms with van der Waals surface area (Å²) in [6.07, 6.45) is 1.11. The number of benzene rings is 1. The molecular weight excluding hydrogens is 236 g/mol. The summed E-state index contributed by atoms with van der Waals surface area (Å²) in [4.78, 5) is 2.46. The molecule has 0 aliphatic rings. The van der Waals surface area contributed by atoms with Crippen molar-refractivity contribution in [3.05, 3.63) is 35.9 Å². The van der Waals surface area contributed by atoms with E-state index in [2.05, 4.69) is 49.9 Å². The van der Waals surface area contributed by atoms with Crippen molar-refractivity contribution >= 4 is 0 Å². The molecule has 0 heterocycles. The van der Waals surface area contributed by atoms with Gasteiger partial charge in [-0.25, -0.2) is 0 Å². The van der Waals surface area contributed by atoms with E-state index in [0.717, 1.165) is 19.6 Å². The third-order valence-electron chi connectivity index (χ3n) is 3.71. The first-order chi connectivity index (χ1) is 9.11. The van der Waals surface area contributed by atoms with Crippen LogP contribution in [-0.2, 0) is 4.74 Å². The van der Waals surface area contributed by atoms with Crippen LogP contribution < -0.4 is 5.73 Å². The second kappa shape index (κ2) is 8.31. The lowest BCUT2D eigenvalue weighted by Gasteiger charge is -2.38. The van der Waals surface area contributed by atoms with Crippen molar-refractivity contribution in [2.45, 2.75) is 45.3 Å². The average Bonchev–Trinajstić information content (AvgIpc) is 2.43. The highest BCUT2D eigenvalue weighted by molar-refractivity contribution is 5.20. The van der Waals surface area contributed by atoms with Crippen LogP contribution in [0.3, 0.4) is 0 Å². The first-order valence-corrected chi connectivity index (χ1v) is 7.17. The highest BCUT2D eigenvalue weighted by atomic mass is 16.5. The lowest BCUT2D eigenvalue weighted by molar-refractivity contribution is 0.0786. The topological polar surface area (TPSA) is 38.5 Å². The lowest BCUT2D eigenvalue weighted by atomic mass is 9.97. The predicted octanol–water partition coefficient (Wildman–Crippen LogP) is 2.82. The van der Waals surface area contributed by atoms with Gasteiger partial charge < -0.3 is 10.5 Å². The smallest absolute Gasteiger partial charge is 0.0590 e. The van der Waals surface area contributed by atoms with Gasteiger partial charge >= 0.3 is 0 Å². The predicted molar refractivity (Wildman–Crippen MR) is 81.2 cm³/mol. The summed E-state index contributed by atoms with van der Waals surface area (Å²) < 4.78 is 5.25. The summed E-state index contributed by atoms with van der Waals surface area (Å²) >= 11 is 0. The Morgan fingerprint density at radius 3 is 2.32 bits per heavy atom. The second-order valence-corrected chi connectivity index (χ2v) is 5.20. The Morgan fingerprint density at radius 1 is 1.21 bits per heavy atom. The summed E-state index contributed by atoms with van der Waals surface area (Å²) in [5.41, 5.74) is 7.54. The van der Waals surface area contributed by atoms with E-state index in [0.29, 0.717) is 6.04 Å². The summed E-state index contributed by atoms with van der Waals surface area (Å²) in [6.45, 7) is 8.20. The maximum absolute atomic E-state index is 6.25. The molecule has 0 radical (unpaired) electrons. The highest BCUT2D eigenvalue weighted by Gasteiger charge is 2.26. The molecule has 1 aromatic carbocycles. The SMILES string of the molecule is CCC(C)N(CCOC)C(c1ccccc1)C(C)N. The van der Waals surface area contributed by atoms with Crippen LogP contribution in [-0.4, -0.2) is 37.2 Å². The standard InChI is InChI=1S/C16H28N2O/c1-5-13(2)18(11-12-19-4)16(14(3)17)15-9-7-6-8-10-15/h6-10,13-14,16H,5,11-12,17H2,1-4H3. The molecule has 0 aliphatic carbocycles. The summed E-state index contributed by atoms with van der Waals surface area (Å²) in [5.74, 6) is 0. The first-order valence-electron chi connectivity index (χ1n) is 7.17. The minimum atomic E-state index is 0.0910. The molecule has 0 aliphatic heterocycles. The molecule has 3 atom stereocenters. The van der Waals surface area contributed by atoms with Gasteiger partial charge in [-0.05, 0) is 25.8 Å². The fourth-order valence-electron chi connectivity index (χ4n) is 2.51. The first kappa shape index (κ1) is 16.2. The molecule has 108 valence electrons. The van der Waals surface area contributed by atoms with Gasteiger partial charge in [0.15, 0.2) is 0 Å². The quantitative estimate of drug-likeness (QED) is 0.784. The number of nitrogens with zero attached hydrogens (tertiary/aromatic N) is 1. The van der Waals surface area contributed by atoms with Crippen molar-refractivity contribution in [3.8, 4) is 0 Å². The van der Waals surface area contributed by atoms with Gasteiger partial charge in [-0.15, -0.1) is 0 Å². The molecule has 0 aromatic heterocycles. The normalized spacial score (nSPS) is 16.3. The van der Waals surface area contributed by atoms with Crippen molar-refractivity contribution in [3.63, 3.8) is 0 Å². The molecule has 19 heavy (non-hydrogen) atoms. The Hall–Kier alpha value is -0.900. The van der Waals surface area contributed by atoms with E-state index < -0.39 is 0 Å². The summed E-state index contributed by atoms with van der Waals surface area (Å²) in [5, 5.41) is 0. The molecule has 3 heteroatoms. The van der Waals surface area contributed by atoms with Crippen LogP contribution >= 0.6 is 0 Å². The van der Waals surface area contributed by atoms with E-state index in [1.807, 2.05) is 6.07 Å². The van der Waals surface area contributed by atoms with Crippen LogP contribution in [0.1, 0.15) is 38.8 Å². The Labute approximate surface area is 117 Å². The van der Waals surface area contributed by atoms with Gasteiger partial charge in [0, 0.05) is 31.8 Å². The largest absolute Gasteiger partial charge is 0.383 e. The van der Waals surface area contributed by atoms with E-state index in [-0.39, 0.29) is 12.1 Å². The van der Waals surface area contributed by atoms with Crippen molar-refractivity contribution in [1.82, 2.24) is 4.90 Å². The van der Waals surface area contributed by atoms with Gasteiger partial charge in [0.1, 0.15) is 0 Å². The molecule has 3 unspecified atom stereocenters. The van der Waals surface area contributed by atoms with Gasteiger partial charge in [0.05, 0.1) is 6.61 Å². The molecule has 0 amide bonds. The van der Waals surface area contributed by atoms with Gasteiger partial charge in [0.2, 0.25) is 0 Å². The van der Waals surface area contributed by atoms with Crippen LogP contribution in [0.5, 0.6) is 0 Å². The molecule has 2 N–H and O–H groups in total. The van der Waals surface area contributed by atoms with Crippen LogP contribution in [0.2, 0.25) is 0 Å². The molecule has 0 saturated heterocycles. The molecule has 1 aromatic rings. The van der Waals surface area contributed by atoms with Crippen molar-refractivity contribution in [2.75, 3.05) is 20.3 Å². The Kier molecular flexibility index (Phi) is 7.06. The number of methoxy groups -OCH3 is 1. The van der Waals surface area contributed by atoms with Gasteiger partial charge in [-0.3, -0.25) is 4.90 Å². The number of hydrogen-bond donors (Lipinski definition) is 1. The molecule has 0 saturated carbocycles. The van der Waals surface area contributed by atoms with Crippen LogP contribution in [0.15, 0.2) is 30.3 Å². The van der Waals surface area contributed by atoms with E-state index >= 15 is 0 Å². The third kappa shape index (κ3) is 4.60. The van der Waals surface area contributed by atoms with E-state index in [4.69, 9.17) is 10.5 Å². The maximum atomic E-state index is 6.25. The fraction of sp³-hybridized carbons (Fsp3) is 0.625. The van der Waals surface area contributed by atoms with Crippen LogP contribution in [0.4, 0.5) is 0 Å². The average molecular weight is 264 g/mol. The number of nitrogens with two attached hydrogens (primary N) is 1. The zero-order valence-electron chi connectivity index (χ0n) is 12.7. The maximum Gasteiger partial charge on any atom is 0.0590 e.